The number of benzene rings is 2. The molecule has 8 nitrogen and oxygen atoms in total. The number of methoxy groups -OCH3 is 2. The van der Waals surface area contributed by atoms with Gasteiger partial charge in [0, 0.05) is 60.5 Å². The number of hydrogen-bond acceptors (Lipinski definition) is 8. The molecule has 0 aliphatic rings. The third-order valence-corrected chi connectivity index (χ3v) is 5.78. The number of anilines is 2. The van der Waals surface area contributed by atoms with E-state index in [1.54, 1.807) is 63.3 Å². The fraction of sp³-hybridized carbons (Fsp3) is 0.0968. The highest BCUT2D eigenvalue weighted by atomic mass is 16.5. The summed E-state index contributed by atoms with van der Waals surface area (Å²) in [6.07, 6.45) is 13.0. The first kappa shape index (κ1) is 26.8. The van der Waals surface area contributed by atoms with E-state index in [1.807, 2.05) is 36.4 Å². The van der Waals surface area contributed by atoms with Crippen LogP contribution in [0.3, 0.4) is 0 Å². The third-order valence-electron chi connectivity index (χ3n) is 5.78. The highest BCUT2D eigenvalue weighted by Crippen LogP contribution is 2.30. The number of ketones is 2. The monoisotopic (exact) mass is 520 g/mol. The van der Waals surface area contributed by atoms with Gasteiger partial charge in [-0.1, -0.05) is 12.1 Å². The van der Waals surface area contributed by atoms with Gasteiger partial charge in [-0.3, -0.25) is 19.6 Å². The first-order valence-corrected chi connectivity index (χ1v) is 12.2. The van der Waals surface area contributed by atoms with Crippen LogP contribution >= 0.6 is 0 Å². The highest BCUT2D eigenvalue weighted by Gasteiger charge is 2.08. The van der Waals surface area contributed by atoms with E-state index in [2.05, 4.69) is 20.6 Å². The third kappa shape index (κ3) is 7.39. The molecule has 196 valence electrons. The molecule has 0 spiro atoms. The van der Waals surface area contributed by atoms with E-state index in [9.17, 15) is 9.59 Å². The van der Waals surface area contributed by atoms with E-state index >= 15 is 0 Å². The summed E-state index contributed by atoms with van der Waals surface area (Å²) in [5.41, 5.74) is 4.59. The van der Waals surface area contributed by atoms with Crippen molar-refractivity contribution >= 4 is 22.9 Å². The first-order chi connectivity index (χ1) is 19.1. The molecular formula is C31H28N4O4. The van der Waals surface area contributed by atoms with Crippen LogP contribution in [0.15, 0.2) is 110 Å². The predicted octanol–water partition coefficient (Wildman–Crippen LogP) is 5.70. The quantitative estimate of drug-likeness (QED) is 0.181. The average molecular weight is 521 g/mol. The van der Waals surface area contributed by atoms with Gasteiger partial charge in [-0.25, -0.2) is 0 Å². The van der Waals surface area contributed by atoms with Crippen molar-refractivity contribution in [3.05, 3.63) is 132 Å². The van der Waals surface area contributed by atoms with Gasteiger partial charge < -0.3 is 20.1 Å². The van der Waals surface area contributed by atoms with E-state index in [0.29, 0.717) is 29.0 Å². The van der Waals surface area contributed by atoms with Gasteiger partial charge in [0.15, 0.2) is 11.6 Å². The van der Waals surface area contributed by atoms with Crippen molar-refractivity contribution in [1.29, 1.82) is 0 Å². The lowest BCUT2D eigenvalue weighted by atomic mass is 10.0. The largest absolute Gasteiger partial charge is 0.495 e. The summed E-state index contributed by atoms with van der Waals surface area (Å²) in [5.74, 6) is 1.02. The molecule has 8 heteroatoms. The van der Waals surface area contributed by atoms with Crippen molar-refractivity contribution < 1.29 is 19.1 Å². The molecule has 0 amide bonds. The molecule has 0 bridgehead atoms. The minimum Gasteiger partial charge on any atom is -0.495 e. The maximum Gasteiger partial charge on any atom is 0.188 e. The van der Waals surface area contributed by atoms with Crippen LogP contribution in [0.25, 0.3) is 0 Å². The second kappa shape index (κ2) is 13.3. The topological polar surface area (TPSA) is 102 Å². The number of hydrogen-bond donors (Lipinski definition) is 2. The number of pyridine rings is 2. The van der Waals surface area contributed by atoms with E-state index in [0.717, 1.165) is 22.5 Å². The summed E-state index contributed by atoms with van der Waals surface area (Å²) in [6.45, 7) is 0. The molecule has 2 aromatic heterocycles. The lowest BCUT2D eigenvalue weighted by molar-refractivity contribution is 0.103. The van der Waals surface area contributed by atoms with Crippen molar-refractivity contribution in [1.82, 2.24) is 9.97 Å². The fourth-order valence-electron chi connectivity index (χ4n) is 3.79. The zero-order chi connectivity index (χ0) is 27.5. The molecule has 0 aliphatic heterocycles. The van der Waals surface area contributed by atoms with Gasteiger partial charge in [0.25, 0.3) is 0 Å². The standard InChI is InChI=1S/C31H28N4O4/c1-38-30-18-22(7-9-26(30)34-15-11-28(36)24-5-3-13-32-20-24)17-23-8-10-27(31(19-23)39-2)35-16-12-29(37)25-6-4-14-33-21-25/h3-16,18-21,34-35H,17H2,1-2H3. The molecule has 4 rings (SSSR count). The van der Waals surface area contributed by atoms with Crippen LogP contribution in [0, 0.1) is 0 Å². The lowest BCUT2D eigenvalue weighted by Crippen LogP contribution is -1.99. The second-order valence-electron chi connectivity index (χ2n) is 8.41. The minimum atomic E-state index is -0.145. The zero-order valence-electron chi connectivity index (χ0n) is 21.6. The Bertz CT molecular complexity index is 1370. The molecule has 2 aromatic carbocycles. The number of carbonyl (C=O) groups is 2. The number of allylic oxidation sites excluding steroid dienone is 2. The summed E-state index contributed by atoms with van der Waals surface area (Å²) in [7, 11) is 3.20. The van der Waals surface area contributed by atoms with Crippen molar-refractivity contribution in [2.75, 3.05) is 24.9 Å². The van der Waals surface area contributed by atoms with Gasteiger partial charge in [0.05, 0.1) is 25.6 Å². The van der Waals surface area contributed by atoms with E-state index in [-0.39, 0.29) is 11.6 Å². The summed E-state index contributed by atoms with van der Waals surface area (Å²) in [4.78, 5) is 32.4. The maximum absolute atomic E-state index is 12.2. The number of ether oxygens (including phenoxy) is 2. The first-order valence-electron chi connectivity index (χ1n) is 12.2. The molecule has 0 fully saturated rings. The summed E-state index contributed by atoms with van der Waals surface area (Å²) in [6, 6.07) is 18.6. The Morgan fingerprint density at radius 1 is 0.718 bits per heavy atom. The molecule has 4 aromatic rings. The number of aromatic nitrogens is 2. The second-order valence-corrected chi connectivity index (χ2v) is 8.41. The van der Waals surface area contributed by atoms with Gasteiger partial charge in [-0.2, -0.15) is 0 Å². The Kier molecular flexibility index (Phi) is 9.18. The summed E-state index contributed by atoms with van der Waals surface area (Å²) >= 11 is 0. The van der Waals surface area contributed by atoms with Gasteiger partial charge >= 0.3 is 0 Å². The van der Waals surface area contributed by atoms with Crippen molar-refractivity contribution in [3.8, 4) is 11.5 Å². The molecule has 0 saturated heterocycles. The number of carbonyl (C=O) groups excluding carboxylic acids is 2. The molecule has 0 atom stereocenters. The van der Waals surface area contributed by atoms with Gasteiger partial charge in [-0.15, -0.1) is 0 Å². The van der Waals surface area contributed by atoms with Gasteiger partial charge in [0.1, 0.15) is 11.5 Å². The fourth-order valence-corrected chi connectivity index (χ4v) is 3.79. The van der Waals surface area contributed by atoms with Crippen LogP contribution in [0.2, 0.25) is 0 Å². The average Bonchev–Trinajstić information content (AvgIpc) is 2.99. The van der Waals surface area contributed by atoms with Crippen molar-refractivity contribution in [2.45, 2.75) is 6.42 Å². The van der Waals surface area contributed by atoms with Crippen LogP contribution in [0.4, 0.5) is 11.4 Å². The van der Waals surface area contributed by atoms with E-state index < -0.39 is 0 Å². The minimum absolute atomic E-state index is 0.145. The molecule has 2 N–H and O–H groups in total. The Morgan fingerprint density at radius 3 is 1.56 bits per heavy atom. The maximum atomic E-state index is 12.2. The van der Waals surface area contributed by atoms with Crippen LogP contribution in [0.1, 0.15) is 31.8 Å². The molecule has 0 aliphatic carbocycles. The molecule has 39 heavy (non-hydrogen) atoms. The van der Waals surface area contributed by atoms with Crippen LogP contribution in [0.5, 0.6) is 11.5 Å². The van der Waals surface area contributed by atoms with Crippen molar-refractivity contribution in [2.24, 2.45) is 0 Å². The van der Waals surface area contributed by atoms with Crippen LogP contribution in [-0.4, -0.2) is 35.8 Å². The molecular weight excluding hydrogens is 492 g/mol. The predicted molar refractivity (Wildman–Crippen MR) is 151 cm³/mol. The zero-order valence-corrected chi connectivity index (χ0v) is 21.6. The molecule has 0 saturated carbocycles. The van der Waals surface area contributed by atoms with E-state index in [4.69, 9.17) is 9.47 Å². The van der Waals surface area contributed by atoms with Crippen LogP contribution in [-0.2, 0) is 6.42 Å². The highest BCUT2D eigenvalue weighted by molar-refractivity contribution is 6.04. The molecule has 0 radical (unpaired) electrons. The Labute approximate surface area is 227 Å². The Morgan fingerprint density at radius 2 is 1.18 bits per heavy atom. The Hall–Kier alpha value is -5.24. The summed E-state index contributed by atoms with van der Waals surface area (Å²) in [5, 5.41) is 6.22. The van der Waals surface area contributed by atoms with Crippen LogP contribution < -0.4 is 20.1 Å². The molecule has 2 heterocycles. The van der Waals surface area contributed by atoms with E-state index in [1.165, 1.54) is 24.5 Å². The number of nitrogens with zero attached hydrogens (tertiary/aromatic N) is 2. The SMILES string of the molecule is COc1cc(Cc2ccc(NC=CC(=O)c3cccnc3)c(OC)c2)ccc1NC=CC(=O)c1cccnc1. The lowest BCUT2D eigenvalue weighted by Gasteiger charge is -2.13. The number of nitrogens with one attached hydrogen (secondary N) is 2. The van der Waals surface area contributed by atoms with Gasteiger partial charge in [-0.05, 0) is 66.1 Å². The van der Waals surface area contributed by atoms with Gasteiger partial charge in [0.2, 0.25) is 0 Å². The normalized spacial score (nSPS) is 10.9. The molecule has 0 unspecified atom stereocenters. The van der Waals surface area contributed by atoms with Crippen molar-refractivity contribution in [3.63, 3.8) is 0 Å². The summed E-state index contributed by atoms with van der Waals surface area (Å²) < 4.78 is 11.1. The Balaban J connectivity index is 1.39. The smallest absolute Gasteiger partial charge is 0.188 e. The number of rotatable bonds is 12.